The van der Waals surface area contributed by atoms with E-state index < -0.39 is 22.3 Å². The number of benzene rings is 2. The van der Waals surface area contributed by atoms with Crippen LogP contribution in [0.4, 0.5) is 13.2 Å². The fourth-order valence-electron chi connectivity index (χ4n) is 1.96. The van der Waals surface area contributed by atoms with Gasteiger partial charge in [0.05, 0.1) is 5.02 Å². The molecule has 0 unspecified atom stereocenters. The van der Waals surface area contributed by atoms with Crippen LogP contribution in [0.2, 0.25) is 5.02 Å². The molecule has 0 saturated carbocycles. The molecule has 0 aliphatic heterocycles. The van der Waals surface area contributed by atoms with Gasteiger partial charge in [-0.3, -0.25) is 4.79 Å². The van der Waals surface area contributed by atoms with Crippen molar-refractivity contribution in [2.75, 3.05) is 0 Å². The second-order valence-corrected chi connectivity index (χ2v) is 7.00. The summed E-state index contributed by atoms with van der Waals surface area (Å²) in [7, 11) is -4.09. The number of nitrogens with two attached hydrogens (primary N) is 1. The van der Waals surface area contributed by atoms with E-state index in [-0.39, 0.29) is 27.8 Å². The average Bonchev–Trinajstić information content (AvgIpc) is 2.52. The maximum Gasteiger partial charge on any atom is 0.573 e. The number of hydrogen-bond acceptors (Lipinski definition) is 4. The number of carbonyl (C=O) groups excluding carboxylic acids is 1. The molecule has 2 rings (SSSR count). The van der Waals surface area contributed by atoms with Crippen molar-refractivity contribution in [2.45, 2.75) is 17.8 Å². The summed E-state index contributed by atoms with van der Waals surface area (Å²) in [5.41, 5.74) is 0.518. The number of amides is 1. The van der Waals surface area contributed by atoms with Crippen molar-refractivity contribution in [3.63, 3.8) is 0 Å². The van der Waals surface area contributed by atoms with E-state index in [9.17, 15) is 26.4 Å². The Balaban J connectivity index is 2.05. The average molecular weight is 409 g/mol. The number of halogens is 4. The van der Waals surface area contributed by atoms with Crippen LogP contribution in [0.1, 0.15) is 15.9 Å². The topological polar surface area (TPSA) is 98.5 Å². The molecule has 140 valence electrons. The van der Waals surface area contributed by atoms with Gasteiger partial charge in [0.2, 0.25) is 10.0 Å². The van der Waals surface area contributed by atoms with Gasteiger partial charge in [-0.25, -0.2) is 13.6 Å². The molecular formula is C15H12ClF3N2O4S. The number of nitrogens with one attached hydrogen (secondary N) is 1. The molecule has 0 heterocycles. The van der Waals surface area contributed by atoms with E-state index >= 15 is 0 Å². The number of hydrogen-bond donors (Lipinski definition) is 2. The number of rotatable bonds is 5. The lowest BCUT2D eigenvalue weighted by Crippen LogP contribution is -2.23. The van der Waals surface area contributed by atoms with Crippen molar-refractivity contribution in [2.24, 2.45) is 5.14 Å². The van der Waals surface area contributed by atoms with E-state index in [1.54, 1.807) is 0 Å². The van der Waals surface area contributed by atoms with Crippen LogP contribution in [0, 0.1) is 0 Å². The van der Waals surface area contributed by atoms with Crippen LogP contribution in [0.15, 0.2) is 47.4 Å². The molecule has 0 saturated heterocycles. The first-order valence-corrected chi connectivity index (χ1v) is 8.83. The van der Waals surface area contributed by atoms with Crippen molar-refractivity contribution in [3.05, 3.63) is 58.6 Å². The Kier molecular flexibility index (Phi) is 5.79. The maximum atomic E-state index is 12.1. The predicted octanol–water partition coefficient (Wildman–Crippen LogP) is 2.82. The third kappa shape index (κ3) is 5.61. The zero-order valence-corrected chi connectivity index (χ0v) is 14.5. The molecule has 1 amide bonds. The highest BCUT2D eigenvalue weighted by Crippen LogP contribution is 2.23. The van der Waals surface area contributed by atoms with Gasteiger partial charge in [0.1, 0.15) is 10.6 Å². The van der Waals surface area contributed by atoms with E-state index in [1.807, 2.05) is 0 Å². The molecule has 26 heavy (non-hydrogen) atoms. The number of ether oxygens (including phenoxy) is 1. The van der Waals surface area contributed by atoms with Gasteiger partial charge in [0.25, 0.3) is 5.91 Å². The molecule has 0 aromatic heterocycles. The van der Waals surface area contributed by atoms with Crippen molar-refractivity contribution in [3.8, 4) is 5.75 Å². The molecule has 0 radical (unpaired) electrons. The number of primary sulfonamides is 1. The van der Waals surface area contributed by atoms with Gasteiger partial charge < -0.3 is 10.1 Å². The van der Waals surface area contributed by atoms with Gasteiger partial charge in [0, 0.05) is 12.1 Å². The Morgan fingerprint density at radius 3 is 2.31 bits per heavy atom. The van der Waals surface area contributed by atoms with E-state index in [0.29, 0.717) is 5.56 Å². The highest BCUT2D eigenvalue weighted by Gasteiger charge is 2.30. The third-order valence-electron chi connectivity index (χ3n) is 3.11. The molecule has 3 N–H and O–H groups in total. The summed E-state index contributed by atoms with van der Waals surface area (Å²) < 4.78 is 62.8. The fourth-order valence-corrected chi connectivity index (χ4v) is 3.03. The number of carbonyl (C=O) groups is 1. The standard InChI is InChI=1S/C15H12ClF3N2O4S/c16-12-6-3-10(7-13(12)26(20,23)24)14(22)21-8-9-1-4-11(5-2-9)25-15(17,18)19/h1-7H,8H2,(H,21,22)(H2,20,23,24). The molecular weight excluding hydrogens is 397 g/mol. The van der Waals surface area contributed by atoms with Gasteiger partial charge in [-0.15, -0.1) is 13.2 Å². The number of alkyl halides is 3. The Hall–Kier alpha value is -2.30. The molecule has 2 aromatic carbocycles. The number of sulfonamides is 1. The lowest BCUT2D eigenvalue weighted by atomic mass is 10.2. The van der Waals surface area contributed by atoms with Crippen molar-refractivity contribution >= 4 is 27.5 Å². The molecule has 2 aromatic rings. The Labute approximate surface area is 151 Å². The van der Waals surface area contributed by atoms with Crippen LogP contribution < -0.4 is 15.2 Å². The molecule has 6 nitrogen and oxygen atoms in total. The second kappa shape index (κ2) is 7.52. The zero-order valence-electron chi connectivity index (χ0n) is 12.9. The van der Waals surface area contributed by atoms with Gasteiger partial charge in [-0.1, -0.05) is 23.7 Å². The first-order chi connectivity index (χ1) is 12.0. The van der Waals surface area contributed by atoms with Gasteiger partial charge in [0.15, 0.2) is 0 Å². The second-order valence-electron chi connectivity index (χ2n) is 5.06. The monoisotopic (exact) mass is 408 g/mol. The quantitative estimate of drug-likeness (QED) is 0.794. The van der Waals surface area contributed by atoms with Crippen LogP contribution in [-0.4, -0.2) is 20.7 Å². The Morgan fingerprint density at radius 2 is 1.77 bits per heavy atom. The van der Waals surface area contributed by atoms with E-state index in [2.05, 4.69) is 10.1 Å². The molecule has 0 aliphatic rings. The third-order valence-corrected chi connectivity index (χ3v) is 4.50. The lowest BCUT2D eigenvalue weighted by Gasteiger charge is -2.10. The van der Waals surface area contributed by atoms with Crippen LogP contribution >= 0.6 is 11.6 Å². The van der Waals surface area contributed by atoms with Crippen molar-refractivity contribution < 1.29 is 31.1 Å². The molecule has 0 atom stereocenters. The molecule has 11 heteroatoms. The minimum absolute atomic E-state index is 0.00152. The van der Waals surface area contributed by atoms with Crippen LogP contribution in [0.5, 0.6) is 5.75 Å². The Morgan fingerprint density at radius 1 is 1.15 bits per heavy atom. The maximum absolute atomic E-state index is 12.1. The highest BCUT2D eigenvalue weighted by molar-refractivity contribution is 7.89. The summed E-state index contributed by atoms with van der Waals surface area (Å²) in [4.78, 5) is 11.7. The fraction of sp³-hybridized carbons (Fsp3) is 0.133. The van der Waals surface area contributed by atoms with Crippen molar-refractivity contribution in [1.82, 2.24) is 5.32 Å². The molecule has 0 bridgehead atoms. The highest BCUT2D eigenvalue weighted by atomic mass is 35.5. The van der Waals surface area contributed by atoms with E-state index in [0.717, 1.165) is 18.2 Å². The summed E-state index contributed by atoms with van der Waals surface area (Å²) in [6, 6.07) is 8.48. The summed E-state index contributed by atoms with van der Waals surface area (Å²) in [6.07, 6.45) is -4.79. The zero-order chi connectivity index (χ0) is 19.5. The molecule has 0 aliphatic carbocycles. The summed E-state index contributed by atoms with van der Waals surface area (Å²) >= 11 is 5.74. The van der Waals surface area contributed by atoms with E-state index in [4.69, 9.17) is 16.7 Å². The first kappa shape index (κ1) is 20.0. The SMILES string of the molecule is NS(=O)(=O)c1cc(C(=O)NCc2ccc(OC(F)(F)F)cc2)ccc1Cl. The molecule has 0 spiro atoms. The summed E-state index contributed by atoms with van der Waals surface area (Å²) in [5, 5.41) is 7.39. The van der Waals surface area contributed by atoms with Crippen molar-refractivity contribution in [1.29, 1.82) is 0 Å². The molecule has 0 fully saturated rings. The van der Waals surface area contributed by atoms with E-state index in [1.165, 1.54) is 24.3 Å². The summed E-state index contributed by atoms with van der Waals surface area (Å²) in [6.45, 7) is -0.00152. The van der Waals surface area contributed by atoms with Gasteiger partial charge in [-0.05, 0) is 35.9 Å². The first-order valence-electron chi connectivity index (χ1n) is 6.91. The largest absolute Gasteiger partial charge is 0.573 e. The van der Waals surface area contributed by atoms with Crippen LogP contribution in [-0.2, 0) is 16.6 Å². The van der Waals surface area contributed by atoms with Crippen LogP contribution in [0.25, 0.3) is 0 Å². The normalized spacial score (nSPS) is 11.9. The van der Waals surface area contributed by atoms with Crippen LogP contribution in [0.3, 0.4) is 0 Å². The summed E-state index contributed by atoms with van der Waals surface area (Å²) in [5.74, 6) is -0.995. The minimum atomic E-state index is -4.79. The van der Waals surface area contributed by atoms with Gasteiger partial charge in [-0.2, -0.15) is 0 Å². The lowest BCUT2D eigenvalue weighted by molar-refractivity contribution is -0.274. The smallest absolute Gasteiger partial charge is 0.406 e. The minimum Gasteiger partial charge on any atom is -0.406 e. The van der Waals surface area contributed by atoms with Gasteiger partial charge >= 0.3 is 6.36 Å². The Bertz CT molecular complexity index is 915. The predicted molar refractivity (Wildman–Crippen MR) is 87.1 cm³/mol.